The average molecular weight is 377 g/mol. The zero-order valence-corrected chi connectivity index (χ0v) is 14.7. The Morgan fingerprint density at radius 2 is 2.08 bits per heavy atom. The first-order chi connectivity index (χ1) is 12.5. The van der Waals surface area contributed by atoms with Crippen LogP contribution in [0.4, 0.5) is 13.9 Å². The Kier molecular flexibility index (Phi) is 4.44. The minimum atomic E-state index is -0.862. The highest BCUT2D eigenvalue weighted by molar-refractivity contribution is 7.15. The van der Waals surface area contributed by atoms with Gasteiger partial charge in [0.2, 0.25) is 5.91 Å². The summed E-state index contributed by atoms with van der Waals surface area (Å²) in [6.45, 7) is 0.713. The van der Waals surface area contributed by atoms with Crippen molar-refractivity contribution in [3.05, 3.63) is 46.0 Å². The highest BCUT2D eigenvalue weighted by Crippen LogP contribution is 2.32. The number of carbonyl (C=O) groups is 2. The molecule has 0 atom stereocenters. The Morgan fingerprint density at radius 3 is 2.77 bits per heavy atom. The number of carbonyl (C=O) groups excluding carboxylic acids is 2. The van der Waals surface area contributed by atoms with E-state index in [9.17, 15) is 18.4 Å². The number of rotatable bonds is 3. The number of nitrogens with zero attached hydrogens (tertiary/aromatic N) is 2. The number of thiazole rings is 1. The van der Waals surface area contributed by atoms with Crippen molar-refractivity contribution in [2.24, 2.45) is 5.92 Å². The molecule has 8 heteroatoms. The molecule has 1 aliphatic carbocycles. The van der Waals surface area contributed by atoms with E-state index < -0.39 is 17.5 Å². The van der Waals surface area contributed by atoms with E-state index in [0.717, 1.165) is 35.9 Å². The van der Waals surface area contributed by atoms with Gasteiger partial charge >= 0.3 is 0 Å². The Labute approximate surface area is 153 Å². The second-order valence-electron chi connectivity index (χ2n) is 6.61. The molecule has 26 heavy (non-hydrogen) atoms. The minimum Gasteiger partial charge on any atom is -0.333 e. The van der Waals surface area contributed by atoms with Crippen LogP contribution in [-0.4, -0.2) is 28.2 Å². The zero-order chi connectivity index (χ0) is 18.3. The first-order valence-electron chi connectivity index (χ1n) is 8.55. The summed E-state index contributed by atoms with van der Waals surface area (Å²) in [6.07, 6.45) is 3.47. The molecule has 2 aliphatic rings. The van der Waals surface area contributed by atoms with E-state index in [1.807, 2.05) is 0 Å². The van der Waals surface area contributed by atoms with Crippen molar-refractivity contribution in [1.82, 2.24) is 9.88 Å². The number of nitrogens with one attached hydrogen (secondary N) is 1. The standard InChI is InChI=1S/C18H17F2N3O2S/c19-11-4-5-12(13(20)8-11)17(25)23-7-6-14-15(9-23)26-18(21-14)22-16(24)10-2-1-3-10/h4-5,8,10H,1-3,6-7,9H2,(H,21,22,24). The number of anilines is 1. The molecule has 0 unspecified atom stereocenters. The van der Waals surface area contributed by atoms with Gasteiger partial charge in [0.05, 0.1) is 17.8 Å². The van der Waals surface area contributed by atoms with Crippen LogP contribution in [0.5, 0.6) is 0 Å². The highest BCUT2D eigenvalue weighted by atomic mass is 32.1. The van der Waals surface area contributed by atoms with E-state index in [1.165, 1.54) is 22.3 Å². The second-order valence-corrected chi connectivity index (χ2v) is 7.69. The van der Waals surface area contributed by atoms with E-state index in [0.29, 0.717) is 30.7 Å². The van der Waals surface area contributed by atoms with Crippen LogP contribution in [0.2, 0.25) is 0 Å². The number of amides is 2. The molecular formula is C18H17F2N3O2S. The predicted molar refractivity (Wildman–Crippen MR) is 92.9 cm³/mol. The number of halogens is 2. The molecule has 2 amide bonds. The molecule has 1 aliphatic heterocycles. The fraction of sp³-hybridized carbons (Fsp3) is 0.389. The first-order valence-corrected chi connectivity index (χ1v) is 9.36. The third-order valence-corrected chi connectivity index (χ3v) is 5.88. The van der Waals surface area contributed by atoms with Crippen LogP contribution < -0.4 is 5.32 Å². The van der Waals surface area contributed by atoms with Crippen LogP contribution in [-0.2, 0) is 17.8 Å². The third kappa shape index (κ3) is 3.21. The Morgan fingerprint density at radius 1 is 1.27 bits per heavy atom. The lowest BCUT2D eigenvalue weighted by atomic mass is 9.85. The number of fused-ring (bicyclic) bond motifs is 1. The van der Waals surface area contributed by atoms with Crippen LogP contribution in [0, 0.1) is 17.6 Å². The second kappa shape index (κ2) is 6.75. The molecule has 1 fully saturated rings. The number of hydrogen-bond acceptors (Lipinski definition) is 4. The maximum absolute atomic E-state index is 13.9. The van der Waals surface area contributed by atoms with Gasteiger partial charge in [0.1, 0.15) is 11.6 Å². The molecule has 1 N–H and O–H groups in total. The maximum Gasteiger partial charge on any atom is 0.257 e. The van der Waals surface area contributed by atoms with Crippen LogP contribution in [0.3, 0.4) is 0 Å². The molecule has 1 aromatic heterocycles. The van der Waals surface area contributed by atoms with Crippen molar-refractivity contribution in [2.75, 3.05) is 11.9 Å². The maximum atomic E-state index is 13.9. The van der Waals surface area contributed by atoms with E-state index in [-0.39, 0.29) is 17.4 Å². The monoisotopic (exact) mass is 377 g/mol. The summed E-state index contributed by atoms with van der Waals surface area (Å²) >= 11 is 1.35. The zero-order valence-electron chi connectivity index (χ0n) is 13.9. The molecule has 2 aromatic rings. The summed E-state index contributed by atoms with van der Waals surface area (Å²) in [6, 6.07) is 2.95. The highest BCUT2D eigenvalue weighted by Gasteiger charge is 2.29. The number of benzene rings is 1. The molecule has 1 aromatic carbocycles. The Bertz CT molecular complexity index is 879. The van der Waals surface area contributed by atoms with Gasteiger partial charge in [-0.05, 0) is 25.0 Å². The fourth-order valence-corrected chi connectivity index (χ4v) is 4.16. The van der Waals surface area contributed by atoms with Gasteiger partial charge in [-0.15, -0.1) is 0 Å². The van der Waals surface area contributed by atoms with E-state index >= 15 is 0 Å². The fourth-order valence-electron chi connectivity index (χ4n) is 3.13. The molecular weight excluding hydrogens is 360 g/mol. The third-order valence-electron chi connectivity index (χ3n) is 4.89. The lowest BCUT2D eigenvalue weighted by Gasteiger charge is -2.26. The molecule has 136 valence electrons. The van der Waals surface area contributed by atoms with Gasteiger partial charge in [0.25, 0.3) is 5.91 Å². The van der Waals surface area contributed by atoms with Crippen LogP contribution in [0.25, 0.3) is 0 Å². The van der Waals surface area contributed by atoms with Gasteiger partial charge in [-0.25, -0.2) is 13.8 Å². The van der Waals surface area contributed by atoms with Gasteiger partial charge in [-0.2, -0.15) is 0 Å². The molecule has 2 heterocycles. The summed E-state index contributed by atoms with van der Waals surface area (Å²) in [5.41, 5.74) is 0.723. The lowest BCUT2D eigenvalue weighted by molar-refractivity contribution is -0.122. The van der Waals surface area contributed by atoms with Gasteiger partial charge in [0, 0.05) is 29.8 Å². The van der Waals surface area contributed by atoms with Crippen molar-refractivity contribution in [3.63, 3.8) is 0 Å². The number of aromatic nitrogens is 1. The van der Waals surface area contributed by atoms with Crippen molar-refractivity contribution in [2.45, 2.75) is 32.2 Å². The van der Waals surface area contributed by atoms with E-state index in [4.69, 9.17) is 0 Å². The number of hydrogen-bond donors (Lipinski definition) is 1. The van der Waals surface area contributed by atoms with Crippen LogP contribution in [0.15, 0.2) is 18.2 Å². The van der Waals surface area contributed by atoms with Gasteiger partial charge in [-0.1, -0.05) is 17.8 Å². The quantitative estimate of drug-likeness (QED) is 0.892. The van der Waals surface area contributed by atoms with Crippen molar-refractivity contribution in [3.8, 4) is 0 Å². The molecule has 0 spiro atoms. The van der Waals surface area contributed by atoms with Crippen molar-refractivity contribution < 1.29 is 18.4 Å². The Hall–Kier alpha value is -2.35. The largest absolute Gasteiger partial charge is 0.333 e. The first kappa shape index (κ1) is 17.1. The summed E-state index contributed by atoms with van der Waals surface area (Å²) in [7, 11) is 0. The summed E-state index contributed by atoms with van der Waals surface area (Å²) in [5.74, 6) is -1.96. The SMILES string of the molecule is O=C(Nc1nc2c(s1)CN(C(=O)c1ccc(F)cc1F)CC2)C1CCC1. The van der Waals surface area contributed by atoms with Gasteiger partial charge < -0.3 is 10.2 Å². The molecule has 0 bridgehead atoms. The van der Waals surface area contributed by atoms with Gasteiger partial charge in [-0.3, -0.25) is 9.59 Å². The topological polar surface area (TPSA) is 62.3 Å². The molecule has 1 saturated carbocycles. The summed E-state index contributed by atoms with van der Waals surface area (Å²) in [5, 5.41) is 3.41. The van der Waals surface area contributed by atoms with E-state index in [1.54, 1.807) is 0 Å². The van der Waals surface area contributed by atoms with Crippen molar-refractivity contribution >= 4 is 28.3 Å². The summed E-state index contributed by atoms with van der Waals surface area (Å²) < 4.78 is 26.9. The summed E-state index contributed by atoms with van der Waals surface area (Å²) in [4.78, 5) is 31.4. The van der Waals surface area contributed by atoms with Gasteiger partial charge in [0.15, 0.2) is 5.13 Å². The van der Waals surface area contributed by atoms with Crippen molar-refractivity contribution in [1.29, 1.82) is 0 Å². The van der Waals surface area contributed by atoms with E-state index in [2.05, 4.69) is 10.3 Å². The van der Waals surface area contributed by atoms with Crippen LogP contribution >= 0.6 is 11.3 Å². The Balaban J connectivity index is 1.47. The molecule has 0 radical (unpaired) electrons. The molecule has 5 nitrogen and oxygen atoms in total. The molecule has 0 saturated heterocycles. The lowest BCUT2D eigenvalue weighted by Crippen LogP contribution is -2.36. The normalized spacial score (nSPS) is 16.8. The smallest absolute Gasteiger partial charge is 0.257 e. The minimum absolute atomic E-state index is 0.00339. The van der Waals surface area contributed by atoms with Crippen LogP contribution in [0.1, 0.15) is 40.2 Å². The predicted octanol–water partition coefficient (Wildman–Crippen LogP) is 3.36. The molecule has 4 rings (SSSR count). The average Bonchev–Trinajstić information content (AvgIpc) is 2.93.